The number of H-pyrrole nitrogens is 2. The molecule has 0 unspecified atom stereocenters. The van der Waals surface area contributed by atoms with Crippen molar-refractivity contribution >= 4 is 44.1 Å². The van der Waals surface area contributed by atoms with Crippen LogP contribution in [0.1, 0.15) is 0 Å². The van der Waals surface area contributed by atoms with E-state index in [2.05, 4.69) is 9.97 Å². The van der Waals surface area contributed by atoms with Crippen LogP contribution < -0.4 is 0 Å². The van der Waals surface area contributed by atoms with Crippen LogP contribution in [0.4, 0.5) is 0 Å². The summed E-state index contributed by atoms with van der Waals surface area (Å²) in [6, 6.07) is 32.2. The Hall–Kier alpha value is -5.28. The number of benzene rings is 4. The predicted molar refractivity (Wildman–Crippen MR) is 176 cm³/mol. The number of fused-ring (bicyclic) bond motifs is 20. The zero-order valence-electron chi connectivity index (χ0n) is 24.7. The van der Waals surface area contributed by atoms with Gasteiger partial charge < -0.3 is 9.97 Å². The van der Waals surface area contributed by atoms with Gasteiger partial charge in [0.05, 0.1) is 0 Å². The monoisotopic (exact) mass is 636 g/mol. The molecule has 0 saturated carbocycles. The van der Waals surface area contributed by atoms with E-state index < -0.39 is 0 Å². The fourth-order valence-electron chi connectivity index (χ4n) is 5.59. The Kier molecular flexibility index (Phi) is 6.68. The zero-order chi connectivity index (χ0) is 30.5. The summed E-state index contributed by atoms with van der Waals surface area (Å²) in [5, 5.41) is 3.82. The number of nitrogens with one attached hydrogen (secondary N) is 2. The minimum Gasteiger partial charge on any atom is -0.324 e. The van der Waals surface area contributed by atoms with Crippen molar-refractivity contribution in [3.05, 3.63) is 97.1 Å². The number of hydrogen-bond donors (Lipinski definition) is 2. The minimum absolute atomic E-state index is 0.597. The van der Waals surface area contributed by atoms with Crippen LogP contribution in [0.15, 0.2) is 97.1 Å². The molecule has 2 aliphatic rings. The number of aromatic amines is 2. The molecule has 0 spiro atoms. The fourth-order valence-corrected chi connectivity index (χ4v) is 5.59. The van der Waals surface area contributed by atoms with E-state index in [4.69, 9.17) is 29.9 Å². The number of aromatic nitrogens is 8. The van der Waals surface area contributed by atoms with Crippen molar-refractivity contribution in [1.82, 2.24) is 43.8 Å². The third-order valence-corrected chi connectivity index (χ3v) is 8.57. The van der Waals surface area contributed by atoms with Gasteiger partial charge in [-0.1, -0.05) is 97.1 Å². The van der Waals surface area contributed by atoms with Gasteiger partial charge in [-0.15, -0.1) is 0 Å². The third-order valence-electron chi connectivity index (χ3n) is 7.73. The van der Waals surface area contributed by atoms with Crippen LogP contribution in [0.5, 0.6) is 0 Å². The van der Waals surface area contributed by atoms with Crippen molar-refractivity contribution in [2.24, 2.45) is 0 Å². The van der Waals surface area contributed by atoms with Gasteiger partial charge >= 0.3 is 39.0 Å². The molecule has 0 fully saturated rings. The van der Waals surface area contributed by atoms with Crippen molar-refractivity contribution in [2.75, 3.05) is 14.1 Å². The SMILES string of the molecule is [CH3][Cu][N](C)C.c1ccc2c(c1)-c1nc-2nc2[nH]c(nc3nc(nc4[nH]c(n1)c1ccccc41)-c1ccccc1-3)c1ccccc21. The van der Waals surface area contributed by atoms with Gasteiger partial charge in [-0.25, -0.2) is 29.9 Å². The molecular formula is C35H27CuN9. The molecule has 8 bridgehead atoms. The molecule has 9 rings (SSSR count). The van der Waals surface area contributed by atoms with E-state index in [-0.39, 0.29) is 0 Å². The van der Waals surface area contributed by atoms with Crippen molar-refractivity contribution in [3.63, 3.8) is 0 Å². The first-order chi connectivity index (χ1) is 22.1. The first-order valence-corrected chi connectivity index (χ1v) is 15.7. The van der Waals surface area contributed by atoms with Crippen molar-refractivity contribution in [1.29, 1.82) is 0 Å². The van der Waals surface area contributed by atoms with Crippen LogP contribution in [-0.2, 0) is 15.2 Å². The standard InChI is InChI=1S/C32H18N8.C2H6N.CH3.Cu/c1-2-10-18-17(9-1)25-33-26(18)38-28-21-13-5-6-14-22(21)30(35-28)40-32-24-16-8-7-15-23(24)31(36-32)39-29-20-12-4-3-11-19(20)27(34-29)37-25;1-3-2;;/h1-16H,(H2,33,34,35,36,37,38,39,40);1-2H3;1H3;/q;-1;;+1. The van der Waals surface area contributed by atoms with Gasteiger partial charge in [0.25, 0.3) is 0 Å². The van der Waals surface area contributed by atoms with Crippen molar-refractivity contribution in [2.45, 2.75) is 5.82 Å². The maximum atomic E-state index is 5.02. The molecule has 4 aromatic carbocycles. The Morgan fingerprint density at radius 1 is 0.422 bits per heavy atom. The van der Waals surface area contributed by atoms with E-state index in [0.717, 1.165) is 43.8 Å². The normalized spacial score (nSPS) is 11.8. The van der Waals surface area contributed by atoms with Gasteiger partial charge in [0.15, 0.2) is 23.3 Å². The topological polar surface area (TPSA) is 112 Å². The van der Waals surface area contributed by atoms with Crippen molar-refractivity contribution < 1.29 is 15.2 Å². The molecule has 0 radical (unpaired) electrons. The summed E-state index contributed by atoms with van der Waals surface area (Å²) >= 11 is 1.78. The second-order valence-electron chi connectivity index (χ2n) is 10.6. The molecular weight excluding hydrogens is 610 g/mol. The van der Waals surface area contributed by atoms with Gasteiger partial charge in [-0.3, -0.25) is 0 Å². The summed E-state index contributed by atoms with van der Waals surface area (Å²) < 4.78 is 2.03. The maximum absolute atomic E-state index is 5.02. The molecule has 0 atom stereocenters. The van der Waals surface area contributed by atoms with E-state index >= 15 is 0 Å². The summed E-state index contributed by atoms with van der Waals surface area (Å²) in [5.41, 5.74) is 6.45. The Morgan fingerprint density at radius 3 is 0.911 bits per heavy atom. The summed E-state index contributed by atoms with van der Waals surface area (Å²) in [4.78, 5) is 36.8. The fraction of sp³-hybridized carbons (Fsp3) is 0.0857. The minimum atomic E-state index is 0.597. The first-order valence-electron chi connectivity index (χ1n) is 14.3. The molecule has 223 valence electrons. The van der Waals surface area contributed by atoms with Gasteiger partial charge in [0.2, 0.25) is 0 Å². The number of hydrogen-bond acceptors (Lipinski definition) is 7. The summed E-state index contributed by atoms with van der Waals surface area (Å²) in [5.74, 6) is 4.42. The zero-order valence-corrected chi connectivity index (χ0v) is 25.6. The molecule has 3 aromatic heterocycles. The molecule has 0 saturated heterocycles. The average molecular weight is 637 g/mol. The number of nitrogens with zero attached hydrogens (tertiary/aromatic N) is 7. The van der Waals surface area contributed by atoms with E-state index in [0.29, 0.717) is 45.9 Å². The molecule has 0 amide bonds. The molecule has 2 aliphatic heterocycles. The summed E-state index contributed by atoms with van der Waals surface area (Å²) in [7, 11) is 4.03. The van der Waals surface area contributed by atoms with Gasteiger partial charge in [0, 0.05) is 43.8 Å². The van der Waals surface area contributed by atoms with Crippen molar-refractivity contribution in [3.8, 4) is 45.6 Å². The van der Waals surface area contributed by atoms with E-state index in [1.165, 1.54) is 0 Å². The largest absolute Gasteiger partial charge is 0.324 e. The van der Waals surface area contributed by atoms with Gasteiger partial charge in [0.1, 0.15) is 22.6 Å². The Balaban J connectivity index is 0.000000560. The van der Waals surface area contributed by atoms with Crippen LogP contribution >= 0.6 is 0 Å². The average Bonchev–Trinajstić information content (AvgIpc) is 3.81. The van der Waals surface area contributed by atoms with Crippen LogP contribution in [0, 0.1) is 0 Å². The second kappa shape index (κ2) is 11.0. The molecule has 45 heavy (non-hydrogen) atoms. The van der Waals surface area contributed by atoms with Gasteiger partial charge in [-0.05, 0) is 0 Å². The van der Waals surface area contributed by atoms with Gasteiger partial charge in [-0.2, -0.15) is 0 Å². The smallest absolute Gasteiger partial charge is 0.164 e. The van der Waals surface area contributed by atoms with Crippen LogP contribution in [-0.4, -0.2) is 57.9 Å². The van der Waals surface area contributed by atoms with E-state index in [9.17, 15) is 0 Å². The Labute approximate surface area is 264 Å². The molecule has 2 N–H and O–H groups in total. The quantitative estimate of drug-likeness (QED) is 0.180. The first kappa shape index (κ1) is 27.3. The molecule has 9 nitrogen and oxygen atoms in total. The van der Waals surface area contributed by atoms with E-state index in [1.807, 2.05) is 121 Å². The molecule has 7 aromatic rings. The molecule has 10 heteroatoms. The van der Waals surface area contributed by atoms with E-state index in [1.54, 1.807) is 15.2 Å². The molecule has 5 heterocycles. The van der Waals surface area contributed by atoms with Crippen LogP contribution in [0.3, 0.4) is 0 Å². The maximum Gasteiger partial charge on any atom is 0.164 e. The third kappa shape index (κ3) is 4.76. The Bertz CT molecular complexity index is 2110. The number of rotatable bonds is 1. The summed E-state index contributed by atoms with van der Waals surface area (Å²) in [6.07, 6.45) is 0. The summed E-state index contributed by atoms with van der Waals surface area (Å²) in [6.45, 7) is 0. The Morgan fingerprint density at radius 2 is 0.667 bits per heavy atom. The molecule has 0 aliphatic carbocycles. The van der Waals surface area contributed by atoms with Crippen LogP contribution in [0.2, 0.25) is 5.82 Å². The van der Waals surface area contributed by atoms with Crippen LogP contribution in [0.25, 0.3) is 89.7 Å². The predicted octanol–water partition coefficient (Wildman–Crippen LogP) is 7.46. The second-order valence-corrected chi connectivity index (χ2v) is 11.9.